The van der Waals surface area contributed by atoms with Gasteiger partial charge in [0.1, 0.15) is 6.54 Å². The third kappa shape index (κ3) is 4.88. The van der Waals surface area contributed by atoms with E-state index in [1.165, 1.54) is 5.56 Å². The van der Waals surface area contributed by atoms with Crippen LogP contribution in [0.15, 0.2) is 54.6 Å². The van der Waals surface area contributed by atoms with Crippen molar-refractivity contribution in [3.8, 4) is 11.3 Å². The molecule has 5 nitrogen and oxygen atoms in total. The number of nitrogens with one attached hydrogen (secondary N) is 1. The van der Waals surface area contributed by atoms with E-state index in [1.807, 2.05) is 73.0 Å². The summed E-state index contributed by atoms with van der Waals surface area (Å²) in [6.45, 7) is 10.2. The lowest BCUT2D eigenvalue weighted by Crippen LogP contribution is -2.20. The normalized spacial score (nSPS) is 10.9. The van der Waals surface area contributed by atoms with Crippen LogP contribution in [0.1, 0.15) is 53.9 Å². The summed E-state index contributed by atoms with van der Waals surface area (Å²) in [5.74, 6) is -0.0777. The molecule has 162 valence electrons. The second kappa shape index (κ2) is 9.65. The van der Waals surface area contributed by atoms with Gasteiger partial charge in [0.05, 0.1) is 17.9 Å². The molecular formula is C26H30N2O3. The molecule has 5 heteroatoms. The van der Waals surface area contributed by atoms with Gasteiger partial charge in [-0.25, -0.2) is 4.79 Å². The Hall–Kier alpha value is -3.34. The van der Waals surface area contributed by atoms with Crippen molar-refractivity contribution in [3.05, 3.63) is 77.0 Å². The Morgan fingerprint density at radius 1 is 1.00 bits per heavy atom. The fourth-order valence-corrected chi connectivity index (χ4v) is 3.86. The average Bonchev–Trinajstić information content (AvgIpc) is 2.98. The smallest absolute Gasteiger partial charge is 0.340 e. The first-order valence-corrected chi connectivity index (χ1v) is 10.7. The molecule has 0 fully saturated rings. The molecule has 0 unspecified atom stereocenters. The molecule has 1 heterocycles. The van der Waals surface area contributed by atoms with Crippen molar-refractivity contribution in [2.75, 3.05) is 11.9 Å². The van der Waals surface area contributed by atoms with E-state index in [4.69, 9.17) is 4.74 Å². The minimum atomic E-state index is -0.363. The number of carbonyl (C=O) groups excluding carboxylic acids is 2. The van der Waals surface area contributed by atoms with Crippen LogP contribution in [0.3, 0.4) is 0 Å². The van der Waals surface area contributed by atoms with E-state index >= 15 is 0 Å². The molecule has 3 rings (SSSR count). The Balaban J connectivity index is 1.94. The van der Waals surface area contributed by atoms with E-state index in [0.29, 0.717) is 18.1 Å². The number of hydrogen-bond donors (Lipinski definition) is 1. The first kappa shape index (κ1) is 22.3. The van der Waals surface area contributed by atoms with Crippen LogP contribution < -0.4 is 5.32 Å². The van der Waals surface area contributed by atoms with E-state index in [-0.39, 0.29) is 18.4 Å². The van der Waals surface area contributed by atoms with Gasteiger partial charge in [0.25, 0.3) is 0 Å². The van der Waals surface area contributed by atoms with Crippen LogP contribution in [-0.4, -0.2) is 23.1 Å². The molecule has 1 N–H and O–H groups in total. The highest BCUT2D eigenvalue weighted by atomic mass is 16.5. The summed E-state index contributed by atoms with van der Waals surface area (Å²) in [6, 6.07) is 17.7. The van der Waals surface area contributed by atoms with Crippen LogP contribution >= 0.6 is 0 Å². The average molecular weight is 419 g/mol. The molecule has 0 saturated carbocycles. The highest BCUT2D eigenvalue weighted by molar-refractivity contribution is 5.96. The second-order valence-corrected chi connectivity index (χ2v) is 7.93. The van der Waals surface area contributed by atoms with Crippen molar-refractivity contribution in [2.24, 2.45) is 0 Å². The third-order valence-electron chi connectivity index (χ3n) is 5.46. The Labute approximate surface area is 184 Å². The van der Waals surface area contributed by atoms with Crippen LogP contribution in [0.25, 0.3) is 11.3 Å². The van der Waals surface area contributed by atoms with Gasteiger partial charge in [0.15, 0.2) is 0 Å². The number of aromatic nitrogens is 1. The second-order valence-electron chi connectivity index (χ2n) is 7.93. The molecule has 1 amide bonds. The Kier molecular flexibility index (Phi) is 6.95. The quantitative estimate of drug-likeness (QED) is 0.500. The van der Waals surface area contributed by atoms with Gasteiger partial charge in [0, 0.05) is 11.4 Å². The molecule has 1 aromatic heterocycles. The number of esters is 1. The van der Waals surface area contributed by atoms with Crippen LogP contribution in [0.4, 0.5) is 5.69 Å². The first-order valence-electron chi connectivity index (χ1n) is 10.7. The van der Waals surface area contributed by atoms with Gasteiger partial charge in [-0.2, -0.15) is 0 Å². The van der Waals surface area contributed by atoms with Crippen molar-refractivity contribution >= 4 is 17.6 Å². The number of ether oxygens (including phenoxy) is 1. The number of nitrogens with zero attached hydrogens (tertiary/aromatic N) is 1. The summed E-state index contributed by atoms with van der Waals surface area (Å²) in [5.41, 5.74) is 5.84. The molecule has 0 aliphatic rings. The zero-order valence-corrected chi connectivity index (χ0v) is 18.9. The fourth-order valence-electron chi connectivity index (χ4n) is 3.86. The maximum atomic E-state index is 12.9. The Morgan fingerprint density at radius 2 is 1.65 bits per heavy atom. The molecule has 0 spiro atoms. The van der Waals surface area contributed by atoms with Crippen molar-refractivity contribution in [1.82, 2.24) is 4.57 Å². The van der Waals surface area contributed by atoms with Crippen molar-refractivity contribution in [2.45, 2.75) is 47.1 Å². The van der Waals surface area contributed by atoms with Crippen molar-refractivity contribution in [1.29, 1.82) is 0 Å². The topological polar surface area (TPSA) is 60.3 Å². The summed E-state index contributed by atoms with van der Waals surface area (Å²) in [7, 11) is 0. The van der Waals surface area contributed by atoms with E-state index < -0.39 is 0 Å². The van der Waals surface area contributed by atoms with Crippen LogP contribution in [0.5, 0.6) is 0 Å². The predicted octanol–water partition coefficient (Wildman–Crippen LogP) is 5.71. The summed E-state index contributed by atoms with van der Waals surface area (Å²) in [4.78, 5) is 25.5. The lowest BCUT2D eigenvalue weighted by molar-refractivity contribution is -0.116. The fraction of sp³-hybridized carbons (Fsp3) is 0.308. The number of benzene rings is 2. The van der Waals surface area contributed by atoms with Gasteiger partial charge in [-0.05, 0) is 55.5 Å². The molecule has 0 aliphatic heterocycles. The minimum Gasteiger partial charge on any atom is -0.462 e. The SMILES string of the molecule is CCOC(=O)c1c(C)c(-c2ccccc2)n(CC(=O)Nc2ccc(C(C)C)cc2)c1C. The lowest BCUT2D eigenvalue weighted by Gasteiger charge is -2.13. The standard InChI is InChI=1S/C26H30N2O3/c1-6-31-26(30)24-18(4)25(21-10-8-7-9-11-21)28(19(24)5)16-23(29)27-22-14-12-20(13-15-22)17(2)3/h7-15,17H,6,16H2,1-5H3,(H,27,29). The van der Waals surface area contributed by atoms with Crippen LogP contribution in [0.2, 0.25) is 0 Å². The van der Waals surface area contributed by atoms with Gasteiger partial charge >= 0.3 is 5.97 Å². The molecule has 2 aromatic carbocycles. The van der Waals surface area contributed by atoms with Crippen molar-refractivity contribution in [3.63, 3.8) is 0 Å². The molecule has 0 radical (unpaired) electrons. The van der Waals surface area contributed by atoms with Gasteiger partial charge in [0.2, 0.25) is 5.91 Å². The molecule has 0 saturated heterocycles. The summed E-state index contributed by atoms with van der Waals surface area (Å²) in [6.07, 6.45) is 0. The van der Waals surface area contributed by atoms with E-state index in [2.05, 4.69) is 19.2 Å². The maximum absolute atomic E-state index is 12.9. The van der Waals surface area contributed by atoms with E-state index in [0.717, 1.165) is 28.2 Å². The number of anilines is 1. The summed E-state index contributed by atoms with van der Waals surface area (Å²) in [5, 5.41) is 2.97. The molecular weight excluding hydrogens is 388 g/mol. The molecule has 0 bridgehead atoms. The highest BCUT2D eigenvalue weighted by Crippen LogP contribution is 2.32. The zero-order valence-electron chi connectivity index (χ0n) is 18.9. The van der Waals surface area contributed by atoms with E-state index in [1.54, 1.807) is 6.92 Å². The number of hydrogen-bond acceptors (Lipinski definition) is 3. The number of carbonyl (C=O) groups is 2. The lowest BCUT2D eigenvalue weighted by atomic mass is 10.0. The molecule has 0 aliphatic carbocycles. The van der Waals surface area contributed by atoms with Gasteiger partial charge in [-0.15, -0.1) is 0 Å². The highest BCUT2D eigenvalue weighted by Gasteiger charge is 2.25. The van der Waals surface area contributed by atoms with E-state index in [9.17, 15) is 9.59 Å². The molecule has 0 atom stereocenters. The van der Waals surface area contributed by atoms with Crippen LogP contribution in [-0.2, 0) is 16.1 Å². The summed E-state index contributed by atoms with van der Waals surface area (Å²) >= 11 is 0. The third-order valence-corrected chi connectivity index (χ3v) is 5.46. The van der Waals surface area contributed by atoms with Gasteiger partial charge in [-0.3, -0.25) is 4.79 Å². The minimum absolute atomic E-state index is 0.0994. The largest absolute Gasteiger partial charge is 0.462 e. The zero-order chi connectivity index (χ0) is 22.5. The first-order chi connectivity index (χ1) is 14.8. The summed E-state index contributed by atoms with van der Waals surface area (Å²) < 4.78 is 7.17. The molecule has 31 heavy (non-hydrogen) atoms. The Morgan fingerprint density at radius 3 is 2.23 bits per heavy atom. The van der Waals surface area contributed by atoms with Gasteiger partial charge in [-0.1, -0.05) is 56.3 Å². The number of rotatable bonds is 7. The molecule has 3 aromatic rings. The monoisotopic (exact) mass is 418 g/mol. The maximum Gasteiger partial charge on any atom is 0.340 e. The van der Waals surface area contributed by atoms with Gasteiger partial charge < -0.3 is 14.6 Å². The predicted molar refractivity (Wildman–Crippen MR) is 124 cm³/mol. The number of amides is 1. The van der Waals surface area contributed by atoms with Crippen molar-refractivity contribution < 1.29 is 14.3 Å². The Bertz CT molecular complexity index is 1060. The van der Waals surface area contributed by atoms with Crippen LogP contribution in [0, 0.1) is 13.8 Å².